The van der Waals surface area contributed by atoms with Gasteiger partial charge in [0, 0.05) is 18.8 Å². The monoisotopic (exact) mass is 279 g/mol. The molecule has 0 amide bonds. The molecular formula is C15H21NO4. The molecule has 0 aliphatic rings. The first-order chi connectivity index (χ1) is 9.74. The van der Waals surface area contributed by atoms with Gasteiger partial charge in [-0.3, -0.25) is 9.78 Å². The maximum absolute atomic E-state index is 11.6. The Morgan fingerprint density at radius 1 is 1.05 bits per heavy atom. The number of nitrogens with zero attached hydrogens (tertiary/aromatic N) is 1. The van der Waals surface area contributed by atoms with Crippen LogP contribution in [0.1, 0.15) is 49.4 Å². The van der Waals surface area contributed by atoms with Gasteiger partial charge in [-0.2, -0.15) is 0 Å². The first-order valence-electron chi connectivity index (χ1n) is 6.96. The molecule has 0 atom stereocenters. The van der Waals surface area contributed by atoms with Crippen molar-refractivity contribution in [2.24, 2.45) is 0 Å². The van der Waals surface area contributed by atoms with Gasteiger partial charge in [-0.05, 0) is 31.9 Å². The van der Waals surface area contributed by atoms with Crippen LogP contribution in [-0.4, -0.2) is 30.1 Å². The second kappa shape index (κ2) is 9.95. The molecule has 1 aromatic heterocycles. The molecule has 1 aromatic rings. The Morgan fingerprint density at radius 3 is 2.45 bits per heavy atom. The Labute approximate surface area is 119 Å². The number of pyridine rings is 1. The summed E-state index contributed by atoms with van der Waals surface area (Å²) in [6, 6.07) is 3.25. The summed E-state index contributed by atoms with van der Waals surface area (Å²) < 4.78 is 9.97. The third-order valence-electron chi connectivity index (χ3n) is 2.73. The highest BCUT2D eigenvalue weighted by molar-refractivity contribution is 5.89. The normalized spacial score (nSPS) is 10.1. The number of carbonyl (C=O) groups is 2. The largest absolute Gasteiger partial charge is 0.466 e. The van der Waals surface area contributed by atoms with E-state index in [0.29, 0.717) is 25.2 Å². The zero-order valence-electron chi connectivity index (χ0n) is 11.8. The van der Waals surface area contributed by atoms with Crippen molar-refractivity contribution in [1.82, 2.24) is 4.98 Å². The first-order valence-corrected chi connectivity index (χ1v) is 6.96. The lowest BCUT2D eigenvalue weighted by Gasteiger charge is -2.04. The topological polar surface area (TPSA) is 65.5 Å². The molecule has 0 saturated carbocycles. The lowest BCUT2D eigenvalue weighted by atomic mass is 10.1. The predicted molar refractivity (Wildman–Crippen MR) is 74.2 cm³/mol. The third-order valence-corrected chi connectivity index (χ3v) is 2.73. The summed E-state index contributed by atoms with van der Waals surface area (Å²) >= 11 is 0. The summed E-state index contributed by atoms with van der Waals surface area (Å²) in [5.74, 6) is -0.462. The van der Waals surface area contributed by atoms with E-state index in [2.05, 4.69) is 4.98 Å². The van der Waals surface area contributed by atoms with Crippen molar-refractivity contribution in [1.29, 1.82) is 0 Å². The predicted octanol–water partition coefficient (Wildman–Crippen LogP) is 2.75. The number of hydrogen-bond acceptors (Lipinski definition) is 5. The molecule has 5 heteroatoms. The van der Waals surface area contributed by atoms with Crippen molar-refractivity contribution < 1.29 is 19.1 Å². The minimum Gasteiger partial charge on any atom is -0.466 e. The summed E-state index contributed by atoms with van der Waals surface area (Å²) in [5, 5.41) is 0. The van der Waals surface area contributed by atoms with Crippen molar-refractivity contribution >= 4 is 11.9 Å². The smallest absolute Gasteiger partial charge is 0.338 e. The van der Waals surface area contributed by atoms with Crippen LogP contribution < -0.4 is 0 Å². The van der Waals surface area contributed by atoms with Crippen LogP contribution in [0.25, 0.3) is 0 Å². The zero-order valence-corrected chi connectivity index (χ0v) is 11.8. The van der Waals surface area contributed by atoms with Gasteiger partial charge >= 0.3 is 11.9 Å². The maximum atomic E-state index is 11.6. The van der Waals surface area contributed by atoms with Gasteiger partial charge in [-0.1, -0.05) is 12.8 Å². The SMILES string of the molecule is CCOC(=O)CCCCCCOC(=O)c1ccncc1. The summed E-state index contributed by atoms with van der Waals surface area (Å²) in [4.78, 5) is 26.5. The number of carbonyl (C=O) groups excluding carboxylic acids is 2. The van der Waals surface area contributed by atoms with Gasteiger partial charge in [0.15, 0.2) is 0 Å². The van der Waals surface area contributed by atoms with Gasteiger partial charge in [-0.15, -0.1) is 0 Å². The fourth-order valence-electron chi connectivity index (χ4n) is 1.69. The number of rotatable bonds is 9. The van der Waals surface area contributed by atoms with Gasteiger partial charge in [0.1, 0.15) is 0 Å². The standard InChI is InChI=1S/C15H21NO4/c1-2-19-14(17)7-5-3-4-6-12-20-15(18)13-8-10-16-11-9-13/h8-11H,2-7,12H2,1H3. The van der Waals surface area contributed by atoms with Gasteiger partial charge < -0.3 is 9.47 Å². The van der Waals surface area contributed by atoms with E-state index in [9.17, 15) is 9.59 Å². The van der Waals surface area contributed by atoms with E-state index in [-0.39, 0.29) is 11.9 Å². The van der Waals surface area contributed by atoms with E-state index in [1.807, 2.05) is 0 Å². The number of aromatic nitrogens is 1. The van der Waals surface area contributed by atoms with Crippen molar-refractivity contribution in [3.05, 3.63) is 30.1 Å². The van der Waals surface area contributed by atoms with E-state index in [1.54, 1.807) is 31.5 Å². The molecule has 1 rings (SSSR count). The van der Waals surface area contributed by atoms with Crippen LogP contribution in [0, 0.1) is 0 Å². The maximum Gasteiger partial charge on any atom is 0.338 e. The summed E-state index contributed by atoms with van der Waals surface area (Å²) in [7, 11) is 0. The lowest BCUT2D eigenvalue weighted by molar-refractivity contribution is -0.143. The number of esters is 2. The number of unbranched alkanes of at least 4 members (excludes halogenated alkanes) is 3. The Morgan fingerprint density at radius 2 is 1.75 bits per heavy atom. The van der Waals surface area contributed by atoms with Crippen LogP contribution in [0.3, 0.4) is 0 Å². The Balaban J connectivity index is 2.00. The molecule has 0 N–H and O–H groups in total. The Kier molecular flexibility index (Phi) is 8.03. The lowest BCUT2D eigenvalue weighted by Crippen LogP contribution is -2.06. The third kappa shape index (κ3) is 6.87. The van der Waals surface area contributed by atoms with Crippen LogP contribution in [0.2, 0.25) is 0 Å². The minimum atomic E-state index is -0.320. The van der Waals surface area contributed by atoms with Gasteiger partial charge in [0.2, 0.25) is 0 Å². The van der Waals surface area contributed by atoms with Crippen LogP contribution in [0.15, 0.2) is 24.5 Å². The van der Waals surface area contributed by atoms with E-state index in [4.69, 9.17) is 9.47 Å². The highest BCUT2D eigenvalue weighted by Gasteiger charge is 2.05. The van der Waals surface area contributed by atoms with Gasteiger partial charge in [0.25, 0.3) is 0 Å². The number of ether oxygens (including phenoxy) is 2. The molecule has 0 fully saturated rings. The first kappa shape index (κ1) is 16.1. The van der Waals surface area contributed by atoms with E-state index < -0.39 is 0 Å². The van der Waals surface area contributed by atoms with E-state index in [1.165, 1.54) is 0 Å². The molecule has 1 heterocycles. The average molecular weight is 279 g/mol. The molecule has 0 aliphatic heterocycles. The molecule has 0 aliphatic carbocycles. The molecule has 110 valence electrons. The zero-order chi connectivity index (χ0) is 14.6. The van der Waals surface area contributed by atoms with Crippen molar-refractivity contribution in [3.63, 3.8) is 0 Å². The Hall–Kier alpha value is -1.91. The minimum absolute atomic E-state index is 0.142. The highest BCUT2D eigenvalue weighted by atomic mass is 16.5. The second-order valence-corrected chi connectivity index (χ2v) is 4.34. The molecule has 0 spiro atoms. The average Bonchev–Trinajstić information content (AvgIpc) is 2.47. The fourth-order valence-corrected chi connectivity index (χ4v) is 1.69. The summed E-state index contributed by atoms with van der Waals surface area (Å²) in [6.07, 6.45) is 7.08. The van der Waals surface area contributed by atoms with Crippen LogP contribution >= 0.6 is 0 Å². The van der Waals surface area contributed by atoms with E-state index >= 15 is 0 Å². The van der Waals surface area contributed by atoms with Gasteiger partial charge in [-0.25, -0.2) is 4.79 Å². The molecule has 20 heavy (non-hydrogen) atoms. The number of hydrogen-bond donors (Lipinski definition) is 0. The van der Waals surface area contributed by atoms with Crippen LogP contribution in [-0.2, 0) is 14.3 Å². The molecule has 0 unspecified atom stereocenters. The molecule has 5 nitrogen and oxygen atoms in total. The molecule has 0 bridgehead atoms. The van der Waals surface area contributed by atoms with Crippen molar-refractivity contribution in [3.8, 4) is 0 Å². The molecule has 0 radical (unpaired) electrons. The fraction of sp³-hybridized carbons (Fsp3) is 0.533. The molecular weight excluding hydrogens is 258 g/mol. The summed E-state index contributed by atoms with van der Waals surface area (Å²) in [6.45, 7) is 2.64. The van der Waals surface area contributed by atoms with Crippen LogP contribution in [0.4, 0.5) is 0 Å². The van der Waals surface area contributed by atoms with E-state index in [0.717, 1.165) is 25.7 Å². The highest BCUT2D eigenvalue weighted by Crippen LogP contribution is 2.06. The Bertz CT molecular complexity index is 406. The quantitative estimate of drug-likeness (QED) is 0.513. The van der Waals surface area contributed by atoms with Crippen LogP contribution in [0.5, 0.6) is 0 Å². The van der Waals surface area contributed by atoms with Crippen molar-refractivity contribution in [2.45, 2.75) is 39.0 Å². The molecule has 0 aromatic carbocycles. The van der Waals surface area contributed by atoms with Gasteiger partial charge in [0.05, 0.1) is 18.8 Å². The summed E-state index contributed by atoms with van der Waals surface area (Å²) in [5.41, 5.74) is 0.516. The molecule has 0 saturated heterocycles. The van der Waals surface area contributed by atoms with Crippen molar-refractivity contribution in [2.75, 3.05) is 13.2 Å². The second-order valence-electron chi connectivity index (χ2n) is 4.34.